The maximum absolute atomic E-state index is 13.3. The third-order valence-corrected chi connectivity index (χ3v) is 3.36. The molecule has 17 heavy (non-hydrogen) atoms. The van der Waals surface area contributed by atoms with Crippen LogP contribution in [-0.2, 0) is 0 Å². The van der Waals surface area contributed by atoms with Gasteiger partial charge in [0.1, 0.15) is 11.5 Å². The monoisotopic (exact) mass is 316 g/mol. The van der Waals surface area contributed by atoms with Crippen LogP contribution in [0, 0.1) is 5.82 Å². The summed E-state index contributed by atoms with van der Waals surface area (Å²) < 4.78 is 13.7. The Morgan fingerprint density at radius 2 is 2.29 bits per heavy atom. The molecule has 1 aromatic heterocycles. The molecule has 1 aromatic carbocycles. The quantitative estimate of drug-likeness (QED) is 0.749. The van der Waals surface area contributed by atoms with Gasteiger partial charge in [0.05, 0.1) is 4.47 Å². The van der Waals surface area contributed by atoms with E-state index in [1.807, 2.05) is 0 Å². The van der Waals surface area contributed by atoms with Crippen molar-refractivity contribution in [3.8, 4) is 0 Å². The van der Waals surface area contributed by atoms with Crippen LogP contribution in [0.4, 0.5) is 4.39 Å². The molecule has 0 radical (unpaired) electrons. The molecule has 0 saturated heterocycles. The Morgan fingerprint density at radius 3 is 3.00 bits per heavy atom. The molecule has 0 unspecified atom stereocenters. The number of carbonyl (C=O) groups excluding carboxylic acids is 1. The number of fused-ring (bicyclic) bond motifs is 1. The molecule has 1 amide bonds. The van der Waals surface area contributed by atoms with Gasteiger partial charge in [-0.15, -0.1) is 0 Å². The van der Waals surface area contributed by atoms with Crippen molar-refractivity contribution in [2.24, 2.45) is 0 Å². The molecule has 0 aliphatic heterocycles. The summed E-state index contributed by atoms with van der Waals surface area (Å²) in [6, 6.07) is 4.57. The Morgan fingerprint density at radius 1 is 1.53 bits per heavy atom. The number of nitrogens with one attached hydrogen (secondary N) is 2. The average molecular weight is 317 g/mol. The molecule has 0 aliphatic carbocycles. The lowest BCUT2D eigenvalue weighted by molar-refractivity contribution is 0.0952. The van der Waals surface area contributed by atoms with Crippen LogP contribution < -0.4 is 5.32 Å². The molecular formula is C11H10BrFN2OS. The number of amides is 1. The zero-order valence-electron chi connectivity index (χ0n) is 8.76. The highest BCUT2D eigenvalue weighted by Crippen LogP contribution is 2.27. The normalized spacial score (nSPS) is 10.8. The van der Waals surface area contributed by atoms with E-state index in [9.17, 15) is 9.18 Å². The Hall–Kier alpha value is -1.01. The largest absolute Gasteiger partial charge is 0.350 e. The summed E-state index contributed by atoms with van der Waals surface area (Å²) in [6.07, 6.45) is 0. The second-order valence-corrected chi connectivity index (χ2v) is 4.73. The standard InChI is InChI=1S/C11H10BrFN2OS/c12-10-6-5-9(11(16)14-3-4-17)15-8(6)2-1-7(10)13/h1-2,5,15,17H,3-4H2,(H,14,16). The van der Waals surface area contributed by atoms with Crippen molar-refractivity contribution in [1.82, 2.24) is 10.3 Å². The highest BCUT2D eigenvalue weighted by Gasteiger charge is 2.12. The molecule has 6 heteroatoms. The third-order valence-electron chi connectivity index (χ3n) is 2.33. The zero-order chi connectivity index (χ0) is 12.4. The van der Waals surface area contributed by atoms with E-state index in [0.29, 0.717) is 33.4 Å². The summed E-state index contributed by atoms with van der Waals surface area (Å²) in [4.78, 5) is 14.6. The van der Waals surface area contributed by atoms with Crippen LogP contribution in [-0.4, -0.2) is 23.2 Å². The second-order valence-electron chi connectivity index (χ2n) is 3.49. The zero-order valence-corrected chi connectivity index (χ0v) is 11.2. The molecule has 2 aromatic rings. The smallest absolute Gasteiger partial charge is 0.267 e. The van der Waals surface area contributed by atoms with Gasteiger partial charge in [-0.05, 0) is 34.1 Å². The predicted octanol–water partition coefficient (Wildman–Crippen LogP) is 2.73. The fourth-order valence-corrected chi connectivity index (χ4v) is 2.10. The van der Waals surface area contributed by atoms with Crippen LogP contribution in [0.2, 0.25) is 0 Å². The number of H-pyrrole nitrogens is 1. The molecule has 90 valence electrons. The molecule has 0 bridgehead atoms. The number of hydrogen-bond acceptors (Lipinski definition) is 2. The average Bonchev–Trinajstić information content (AvgIpc) is 2.75. The second kappa shape index (κ2) is 5.10. The van der Waals surface area contributed by atoms with E-state index in [4.69, 9.17) is 0 Å². The van der Waals surface area contributed by atoms with Crippen LogP contribution in [0.3, 0.4) is 0 Å². The molecule has 2 rings (SSSR count). The van der Waals surface area contributed by atoms with Crippen molar-refractivity contribution < 1.29 is 9.18 Å². The van der Waals surface area contributed by atoms with Crippen molar-refractivity contribution in [3.05, 3.63) is 34.2 Å². The fourth-order valence-electron chi connectivity index (χ4n) is 1.53. The van der Waals surface area contributed by atoms with E-state index in [-0.39, 0.29) is 11.7 Å². The Bertz CT molecular complexity index is 570. The van der Waals surface area contributed by atoms with Crippen molar-refractivity contribution in [3.63, 3.8) is 0 Å². The van der Waals surface area contributed by atoms with Gasteiger partial charge >= 0.3 is 0 Å². The Balaban J connectivity index is 2.38. The first-order valence-corrected chi connectivity index (χ1v) is 6.42. The predicted molar refractivity (Wildman–Crippen MR) is 72.1 cm³/mol. The molecule has 0 spiro atoms. The minimum Gasteiger partial charge on any atom is -0.350 e. The van der Waals surface area contributed by atoms with E-state index in [1.165, 1.54) is 6.07 Å². The maximum Gasteiger partial charge on any atom is 0.267 e. The summed E-state index contributed by atoms with van der Waals surface area (Å²) in [5.74, 6) is 0.00553. The Labute approximate surface area is 111 Å². The van der Waals surface area contributed by atoms with Crippen LogP contribution in [0.25, 0.3) is 10.9 Å². The molecule has 0 saturated carbocycles. The van der Waals surface area contributed by atoms with E-state index in [0.717, 1.165) is 0 Å². The van der Waals surface area contributed by atoms with Crippen LogP contribution in [0.15, 0.2) is 22.7 Å². The number of hydrogen-bond donors (Lipinski definition) is 3. The van der Waals surface area contributed by atoms with E-state index in [2.05, 4.69) is 38.9 Å². The third kappa shape index (κ3) is 2.47. The number of halogens is 2. The topological polar surface area (TPSA) is 44.9 Å². The highest BCUT2D eigenvalue weighted by atomic mass is 79.9. The lowest BCUT2D eigenvalue weighted by Gasteiger charge is -1.99. The number of carbonyl (C=O) groups is 1. The SMILES string of the molecule is O=C(NCCS)c1cc2c(Br)c(F)ccc2[nH]1. The lowest BCUT2D eigenvalue weighted by Crippen LogP contribution is -2.25. The first-order chi connectivity index (χ1) is 8.13. The highest BCUT2D eigenvalue weighted by molar-refractivity contribution is 9.10. The first kappa shape index (κ1) is 12.4. The molecule has 1 heterocycles. The van der Waals surface area contributed by atoms with Crippen molar-refractivity contribution in [1.29, 1.82) is 0 Å². The Kier molecular flexibility index (Phi) is 3.73. The summed E-state index contributed by atoms with van der Waals surface area (Å²) in [6.45, 7) is 0.493. The van der Waals surface area contributed by atoms with E-state index in [1.54, 1.807) is 12.1 Å². The van der Waals surface area contributed by atoms with Gasteiger partial charge in [0, 0.05) is 23.2 Å². The summed E-state index contributed by atoms with van der Waals surface area (Å²) in [7, 11) is 0. The van der Waals surface area contributed by atoms with Gasteiger partial charge in [-0.3, -0.25) is 4.79 Å². The molecule has 0 fully saturated rings. The number of aromatic nitrogens is 1. The molecule has 0 aliphatic rings. The number of benzene rings is 1. The summed E-state index contributed by atoms with van der Waals surface area (Å²) in [5, 5.41) is 3.34. The van der Waals surface area contributed by atoms with Gasteiger partial charge in [-0.2, -0.15) is 12.6 Å². The van der Waals surface area contributed by atoms with E-state index >= 15 is 0 Å². The van der Waals surface area contributed by atoms with Crippen molar-refractivity contribution >= 4 is 45.4 Å². The lowest BCUT2D eigenvalue weighted by atomic mass is 10.2. The molecular weight excluding hydrogens is 307 g/mol. The van der Waals surface area contributed by atoms with E-state index < -0.39 is 0 Å². The summed E-state index contributed by atoms with van der Waals surface area (Å²) in [5.41, 5.74) is 1.13. The molecule has 2 N–H and O–H groups in total. The number of rotatable bonds is 3. The van der Waals surface area contributed by atoms with Gasteiger partial charge < -0.3 is 10.3 Å². The minimum atomic E-state index is -0.348. The van der Waals surface area contributed by atoms with Crippen LogP contribution in [0.5, 0.6) is 0 Å². The minimum absolute atomic E-state index is 0.220. The molecule has 0 atom stereocenters. The van der Waals surface area contributed by atoms with Gasteiger partial charge in [0.2, 0.25) is 0 Å². The van der Waals surface area contributed by atoms with Crippen LogP contribution >= 0.6 is 28.6 Å². The number of aromatic amines is 1. The first-order valence-electron chi connectivity index (χ1n) is 4.99. The molecule has 3 nitrogen and oxygen atoms in total. The number of thiol groups is 1. The van der Waals surface area contributed by atoms with Gasteiger partial charge in [0.25, 0.3) is 5.91 Å². The van der Waals surface area contributed by atoms with Crippen LogP contribution in [0.1, 0.15) is 10.5 Å². The fraction of sp³-hybridized carbons (Fsp3) is 0.182. The van der Waals surface area contributed by atoms with Crippen molar-refractivity contribution in [2.75, 3.05) is 12.3 Å². The van der Waals surface area contributed by atoms with Crippen molar-refractivity contribution in [2.45, 2.75) is 0 Å². The van der Waals surface area contributed by atoms with Gasteiger partial charge in [-0.25, -0.2) is 4.39 Å². The van der Waals surface area contributed by atoms with Gasteiger partial charge in [-0.1, -0.05) is 0 Å². The maximum atomic E-state index is 13.3. The van der Waals surface area contributed by atoms with Gasteiger partial charge in [0.15, 0.2) is 0 Å². The summed E-state index contributed by atoms with van der Waals surface area (Å²) >= 11 is 7.16.